The first-order valence-electron chi connectivity index (χ1n) is 9.27. The number of hydrogen-bond acceptors (Lipinski definition) is 2. The molecule has 0 saturated carbocycles. The fraction of sp³-hybridized carbons (Fsp3) is 0.154. The SMILES string of the molecule is Cc1cccc(O)c1C.Cc1cccc(O)c1C.[Zr+2].c1cc[cH-]c1.c1cc[cH-]c1. The van der Waals surface area contributed by atoms with Crippen LogP contribution in [0.15, 0.2) is 97.1 Å². The van der Waals surface area contributed by atoms with Gasteiger partial charge in [0.2, 0.25) is 0 Å². The van der Waals surface area contributed by atoms with Gasteiger partial charge >= 0.3 is 26.2 Å². The fourth-order valence-electron chi connectivity index (χ4n) is 2.11. The number of aromatic hydroxyl groups is 2. The molecular weight excluding hydrogens is 436 g/mol. The summed E-state index contributed by atoms with van der Waals surface area (Å²) in [4.78, 5) is 0. The van der Waals surface area contributed by atoms with E-state index in [0.717, 1.165) is 22.3 Å². The molecule has 150 valence electrons. The van der Waals surface area contributed by atoms with Gasteiger partial charge in [-0.05, 0) is 62.1 Å². The largest absolute Gasteiger partial charge is 2.00 e. The van der Waals surface area contributed by atoms with E-state index in [9.17, 15) is 0 Å². The van der Waals surface area contributed by atoms with Gasteiger partial charge in [0.1, 0.15) is 11.5 Å². The molecule has 0 aromatic heterocycles. The van der Waals surface area contributed by atoms with Crippen molar-refractivity contribution in [3.8, 4) is 11.5 Å². The molecular formula is C26H30O2Zr. The zero-order chi connectivity index (χ0) is 20.8. The van der Waals surface area contributed by atoms with Gasteiger partial charge in [0, 0.05) is 0 Å². The molecule has 0 aliphatic carbocycles. The van der Waals surface area contributed by atoms with Gasteiger partial charge in [-0.25, -0.2) is 24.3 Å². The third-order valence-electron chi connectivity index (χ3n) is 4.26. The third kappa shape index (κ3) is 11.3. The molecule has 0 aliphatic heterocycles. The minimum atomic E-state index is 0. The Balaban J connectivity index is 0.000000369. The first-order valence-corrected chi connectivity index (χ1v) is 9.27. The van der Waals surface area contributed by atoms with Crippen molar-refractivity contribution < 1.29 is 36.4 Å². The topological polar surface area (TPSA) is 40.5 Å². The molecule has 0 radical (unpaired) electrons. The van der Waals surface area contributed by atoms with Crippen LogP contribution >= 0.6 is 0 Å². The van der Waals surface area contributed by atoms with E-state index in [0.29, 0.717) is 11.5 Å². The van der Waals surface area contributed by atoms with Crippen LogP contribution in [0.4, 0.5) is 0 Å². The van der Waals surface area contributed by atoms with Crippen molar-refractivity contribution in [3.63, 3.8) is 0 Å². The minimum absolute atomic E-state index is 0. The van der Waals surface area contributed by atoms with Crippen molar-refractivity contribution in [2.75, 3.05) is 0 Å². The Morgan fingerprint density at radius 3 is 1.00 bits per heavy atom. The van der Waals surface area contributed by atoms with Crippen LogP contribution in [0.5, 0.6) is 11.5 Å². The molecule has 0 unspecified atom stereocenters. The van der Waals surface area contributed by atoms with E-state index < -0.39 is 0 Å². The molecule has 0 aliphatic rings. The molecule has 4 aromatic carbocycles. The summed E-state index contributed by atoms with van der Waals surface area (Å²) in [5.41, 5.74) is 4.21. The Bertz CT molecular complexity index is 729. The van der Waals surface area contributed by atoms with Crippen LogP contribution in [0.25, 0.3) is 0 Å². The molecule has 3 heteroatoms. The molecule has 0 spiro atoms. The summed E-state index contributed by atoms with van der Waals surface area (Å²) >= 11 is 0. The molecule has 0 amide bonds. The van der Waals surface area contributed by atoms with E-state index in [-0.39, 0.29) is 26.2 Å². The van der Waals surface area contributed by atoms with Gasteiger partial charge < -0.3 is 10.2 Å². The zero-order valence-corrected chi connectivity index (χ0v) is 20.1. The van der Waals surface area contributed by atoms with Gasteiger partial charge in [0.15, 0.2) is 0 Å². The Hall–Kier alpha value is -2.38. The number of rotatable bonds is 0. The molecule has 0 saturated heterocycles. The number of phenolic OH excluding ortho intramolecular Hbond substituents is 2. The van der Waals surface area contributed by atoms with Crippen LogP contribution in [0.3, 0.4) is 0 Å². The molecule has 2 N–H and O–H groups in total. The number of aryl methyl sites for hydroxylation is 2. The van der Waals surface area contributed by atoms with Gasteiger partial charge in [0.25, 0.3) is 0 Å². The van der Waals surface area contributed by atoms with E-state index in [2.05, 4.69) is 0 Å². The Morgan fingerprint density at radius 1 is 0.517 bits per heavy atom. The van der Waals surface area contributed by atoms with Gasteiger partial charge in [-0.1, -0.05) is 24.3 Å². The van der Waals surface area contributed by atoms with Gasteiger partial charge in [-0.2, -0.15) is 36.4 Å². The maximum atomic E-state index is 9.10. The first-order chi connectivity index (χ1) is 13.4. The maximum Gasteiger partial charge on any atom is 2.00 e. The van der Waals surface area contributed by atoms with E-state index in [1.807, 2.05) is 113 Å². The molecule has 29 heavy (non-hydrogen) atoms. The second-order valence-electron chi connectivity index (χ2n) is 6.36. The first kappa shape index (κ1) is 26.6. The second kappa shape index (κ2) is 15.5. The van der Waals surface area contributed by atoms with Crippen molar-refractivity contribution >= 4 is 0 Å². The normalized spacial score (nSPS) is 8.69. The van der Waals surface area contributed by atoms with Crippen molar-refractivity contribution in [3.05, 3.63) is 119 Å². The van der Waals surface area contributed by atoms with Crippen LogP contribution < -0.4 is 0 Å². The monoisotopic (exact) mass is 464 g/mol. The van der Waals surface area contributed by atoms with Crippen LogP contribution in [0.1, 0.15) is 22.3 Å². The fourth-order valence-corrected chi connectivity index (χ4v) is 2.11. The molecule has 0 atom stereocenters. The van der Waals surface area contributed by atoms with Gasteiger partial charge in [0.05, 0.1) is 0 Å². The Labute approximate surface area is 194 Å². The summed E-state index contributed by atoms with van der Waals surface area (Å²) in [5, 5.41) is 18.2. The molecule has 0 bridgehead atoms. The van der Waals surface area contributed by atoms with Crippen LogP contribution in [0, 0.1) is 27.7 Å². The van der Waals surface area contributed by atoms with E-state index in [1.165, 1.54) is 0 Å². The standard InChI is InChI=1S/2C8H10O.2C5H5.Zr/c2*1-6-4-3-5-8(9)7(6)2;2*1-2-4-5-3-1;/h2*3-5,9H,1-2H3;2*1-5H;/q;;2*-1;+2. The predicted octanol–water partition coefficient (Wildman–Crippen LogP) is 6.83. The molecule has 2 nitrogen and oxygen atoms in total. The average molecular weight is 466 g/mol. The van der Waals surface area contributed by atoms with Crippen molar-refractivity contribution in [2.45, 2.75) is 27.7 Å². The van der Waals surface area contributed by atoms with Crippen LogP contribution in [0.2, 0.25) is 0 Å². The summed E-state index contributed by atoms with van der Waals surface area (Å²) in [6.45, 7) is 7.78. The van der Waals surface area contributed by atoms with Crippen molar-refractivity contribution in [1.29, 1.82) is 0 Å². The average Bonchev–Trinajstić information content (AvgIpc) is 3.43. The summed E-state index contributed by atoms with van der Waals surface area (Å²) < 4.78 is 0. The van der Waals surface area contributed by atoms with E-state index in [1.54, 1.807) is 12.1 Å². The van der Waals surface area contributed by atoms with Gasteiger partial charge in [-0.15, -0.1) is 0 Å². The number of hydrogen-bond donors (Lipinski definition) is 2. The van der Waals surface area contributed by atoms with Gasteiger partial charge in [-0.3, -0.25) is 0 Å². The quantitative estimate of drug-likeness (QED) is 0.280. The number of phenols is 2. The van der Waals surface area contributed by atoms with Crippen molar-refractivity contribution in [1.82, 2.24) is 0 Å². The summed E-state index contributed by atoms with van der Waals surface area (Å²) in [6.07, 6.45) is 0. The van der Waals surface area contributed by atoms with E-state index >= 15 is 0 Å². The smallest absolute Gasteiger partial charge is 0.508 e. The zero-order valence-electron chi connectivity index (χ0n) is 17.6. The molecule has 0 heterocycles. The second-order valence-corrected chi connectivity index (χ2v) is 6.36. The molecule has 0 fully saturated rings. The summed E-state index contributed by atoms with van der Waals surface area (Å²) in [5.74, 6) is 0.769. The third-order valence-corrected chi connectivity index (χ3v) is 4.26. The predicted molar refractivity (Wildman–Crippen MR) is 119 cm³/mol. The summed E-state index contributed by atoms with van der Waals surface area (Å²) in [6, 6.07) is 31.0. The van der Waals surface area contributed by atoms with Crippen LogP contribution in [-0.2, 0) is 26.2 Å². The minimum Gasteiger partial charge on any atom is -0.508 e. The van der Waals surface area contributed by atoms with E-state index in [4.69, 9.17) is 10.2 Å². The maximum absolute atomic E-state index is 9.10. The van der Waals surface area contributed by atoms with Crippen molar-refractivity contribution in [2.24, 2.45) is 0 Å². The Kier molecular flexibility index (Phi) is 14.3. The Morgan fingerprint density at radius 2 is 0.828 bits per heavy atom. The molecule has 4 aromatic rings. The summed E-state index contributed by atoms with van der Waals surface area (Å²) in [7, 11) is 0. The number of benzene rings is 2. The molecule has 4 rings (SSSR count). The van der Waals surface area contributed by atoms with Crippen LogP contribution in [-0.4, -0.2) is 10.2 Å².